The van der Waals surface area contributed by atoms with Crippen LogP contribution in [0.1, 0.15) is 23.3 Å². The summed E-state index contributed by atoms with van der Waals surface area (Å²) in [4.78, 5) is 11.8. The van der Waals surface area contributed by atoms with Crippen LogP contribution in [0.2, 0.25) is 0 Å². The molecule has 0 saturated carbocycles. The van der Waals surface area contributed by atoms with Gasteiger partial charge >= 0.3 is 0 Å². The first-order valence-electron chi connectivity index (χ1n) is 6.46. The Labute approximate surface area is 118 Å². The van der Waals surface area contributed by atoms with E-state index in [-0.39, 0.29) is 5.91 Å². The lowest BCUT2D eigenvalue weighted by atomic mass is 9.98. The molecule has 0 radical (unpaired) electrons. The Bertz CT molecular complexity index is 575. The molecule has 1 aromatic heterocycles. The van der Waals surface area contributed by atoms with Crippen molar-refractivity contribution < 1.29 is 13.2 Å². The van der Waals surface area contributed by atoms with E-state index >= 15 is 0 Å². The fraction of sp³-hybridized carbons (Fsp3) is 0.727. The summed E-state index contributed by atoms with van der Waals surface area (Å²) in [7, 11) is -1.40. The minimum atomic E-state index is -3.10. The number of nitrogens with one attached hydrogen (secondary N) is 1. The highest BCUT2D eigenvalue weighted by Crippen LogP contribution is 2.18. The first kappa shape index (κ1) is 14.9. The predicted octanol–water partition coefficient (Wildman–Crippen LogP) is -0.783. The van der Waals surface area contributed by atoms with E-state index < -0.39 is 10.0 Å². The number of aryl methyl sites for hydroxylation is 1. The third-order valence-corrected chi connectivity index (χ3v) is 4.73. The van der Waals surface area contributed by atoms with Gasteiger partial charge in [0, 0.05) is 26.7 Å². The molecule has 9 heteroatoms. The molecule has 112 valence electrons. The number of carbonyl (C=O) groups is 1. The van der Waals surface area contributed by atoms with Gasteiger partial charge in [0.25, 0.3) is 5.91 Å². The lowest BCUT2D eigenvalue weighted by Crippen LogP contribution is -2.41. The van der Waals surface area contributed by atoms with Crippen molar-refractivity contribution in [3.05, 3.63) is 11.9 Å². The number of hydrogen-bond donors (Lipinski definition) is 1. The molecular formula is C11H19N5O3S. The summed E-state index contributed by atoms with van der Waals surface area (Å²) in [5.74, 6) is 0.0530. The topological polar surface area (TPSA) is 97.2 Å². The quantitative estimate of drug-likeness (QED) is 0.786. The Morgan fingerprint density at radius 1 is 1.45 bits per heavy atom. The van der Waals surface area contributed by atoms with Crippen molar-refractivity contribution in [2.24, 2.45) is 13.0 Å². The number of sulfonamides is 1. The molecule has 2 heterocycles. The van der Waals surface area contributed by atoms with Gasteiger partial charge in [-0.3, -0.25) is 9.48 Å². The zero-order valence-electron chi connectivity index (χ0n) is 11.6. The minimum Gasteiger partial charge on any atom is -0.350 e. The molecule has 0 spiro atoms. The van der Waals surface area contributed by atoms with Gasteiger partial charge in [0.2, 0.25) is 10.0 Å². The molecule has 1 fully saturated rings. The van der Waals surface area contributed by atoms with E-state index in [0.717, 1.165) is 12.8 Å². The number of amides is 1. The number of carbonyl (C=O) groups excluding carboxylic acids is 1. The van der Waals surface area contributed by atoms with E-state index in [1.807, 2.05) is 0 Å². The molecule has 0 atom stereocenters. The van der Waals surface area contributed by atoms with E-state index in [1.54, 1.807) is 13.2 Å². The lowest BCUT2D eigenvalue weighted by Gasteiger charge is -2.30. The second-order valence-electron chi connectivity index (χ2n) is 5.09. The summed E-state index contributed by atoms with van der Waals surface area (Å²) < 4.78 is 25.7. The van der Waals surface area contributed by atoms with Gasteiger partial charge in [0.1, 0.15) is 0 Å². The average molecular weight is 301 g/mol. The largest absolute Gasteiger partial charge is 0.350 e. The van der Waals surface area contributed by atoms with Gasteiger partial charge in [0.15, 0.2) is 5.69 Å². The molecule has 2 rings (SSSR count). The first-order chi connectivity index (χ1) is 9.36. The molecular weight excluding hydrogens is 282 g/mol. The fourth-order valence-corrected chi connectivity index (χ4v) is 3.10. The Morgan fingerprint density at radius 2 is 2.10 bits per heavy atom. The predicted molar refractivity (Wildman–Crippen MR) is 72.5 cm³/mol. The van der Waals surface area contributed by atoms with Crippen LogP contribution in [-0.4, -0.2) is 59.5 Å². The molecule has 1 aromatic rings. The fourth-order valence-electron chi connectivity index (χ4n) is 2.22. The van der Waals surface area contributed by atoms with Crippen molar-refractivity contribution in [1.82, 2.24) is 24.6 Å². The molecule has 1 aliphatic rings. The molecule has 1 saturated heterocycles. The molecule has 20 heavy (non-hydrogen) atoms. The van der Waals surface area contributed by atoms with Gasteiger partial charge in [-0.25, -0.2) is 12.7 Å². The maximum atomic E-state index is 11.8. The van der Waals surface area contributed by atoms with Crippen LogP contribution in [0, 0.1) is 5.92 Å². The average Bonchev–Trinajstić information content (AvgIpc) is 2.82. The van der Waals surface area contributed by atoms with Crippen LogP contribution >= 0.6 is 0 Å². The van der Waals surface area contributed by atoms with E-state index in [0.29, 0.717) is 31.2 Å². The molecule has 1 amide bonds. The number of aromatic nitrogens is 3. The monoisotopic (exact) mass is 301 g/mol. The number of nitrogens with zero attached hydrogens (tertiary/aromatic N) is 4. The standard InChI is InChI=1S/C11H19N5O3S/c1-15-8-10(13-14-15)11(17)12-7-9-3-5-16(6-4-9)20(2,18)19/h8-9H,3-7H2,1-2H3,(H,12,17). The SMILES string of the molecule is Cn1cc(C(=O)NCC2CCN(S(C)(=O)=O)CC2)nn1. The van der Waals surface area contributed by atoms with Crippen LogP contribution in [0.4, 0.5) is 0 Å². The molecule has 1 N–H and O–H groups in total. The van der Waals surface area contributed by atoms with Crippen LogP contribution in [0.3, 0.4) is 0 Å². The molecule has 0 unspecified atom stereocenters. The summed E-state index contributed by atoms with van der Waals surface area (Å²) >= 11 is 0. The summed E-state index contributed by atoms with van der Waals surface area (Å²) in [5, 5.41) is 10.3. The molecule has 0 bridgehead atoms. The van der Waals surface area contributed by atoms with Gasteiger partial charge in [-0.15, -0.1) is 5.10 Å². The van der Waals surface area contributed by atoms with Crippen molar-refractivity contribution in [1.29, 1.82) is 0 Å². The van der Waals surface area contributed by atoms with E-state index in [9.17, 15) is 13.2 Å². The van der Waals surface area contributed by atoms with Crippen molar-refractivity contribution in [2.45, 2.75) is 12.8 Å². The highest BCUT2D eigenvalue weighted by atomic mass is 32.2. The molecule has 8 nitrogen and oxygen atoms in total. The van der Waals surface area contributed by atoms with Crippen LogP contribution in [-0.2, 0) is 17.1 Å². The summed E-state index contributed by atoms with van der Waals surface area (Å²) in [6.45, 7) is 1.57. The van der Waals surface area contributed by atoms with Crippen molar-refractivity contribution >= 4 is 15.9 Å². The van der Waals surface area contributed by atoms with Gasteiger partial charge < -0.3 is 5.32 Å². The van der Waals surface area contributed by atoms with E-state index in [1.165, 1.54) is 15.2 Å². The molecule has 1 aliphatic heterocycles. The minimum absolute atomic E-state index is 0.247. The zero-order chi connectivity index (χ0) is 14.8. The summed E-state index contributed by atoms with van der Waals surface area (Å²) in [6, 6.07) is 0. The van der Waals surface area contributed by atoms with Gasteiger partial charge in [-0.1, -0.05) is 5.21 Å². The lowest BCUT2D eigenvalue weighted by molar-refractivity contribution is 0.0936. The van der Waals surface area contributed by atoms with Crippen LogP contribution in [0.25, 0.3) is 0 Å². The van der Waals surface area contributed by atoms with Crippen LogP contribution in [0.5, 0.6) is 0 Å². The normalized spacial score (nSPS) is 18.1. The van der Waals surface area contributed by atoms with Crippen LogP contribution in [0.15, 0.2) is 6.20 Å². The number of piperidine rings is 1. The van der Waals surface area contributed by atoms with Crippen LogP contribution < -0.4 is 5.32 Å². The maximum Gasteiger partial charge on any atom is 0.273 e. The third-order valence-electron chi connectivity index (χ3n) is 3.43. The molecule has 0 aliphatic carbocycles. The second-order valence-corrected chi connectivity index (χ2v) is 7.08. The van der Waals surface area contributed by atoms with E-state index in [2.05, 4.69) is 15.6 Å². The summed E-state index contributed by atoms with van der Waals surface area (Å²) in [5.41, 5.74) is 0.293. The zero-order valence-corrected chi connectivity index (χ0v) is 12.4. The van der Waals surface area contributed by atoms with Gasteiger partial charge in [-0.05, 0) is 18.8 Å². The number of hydrogen-bond acceptors (Lipinski definition) is 5. The number of rotatable bonds is 4. The smallest absolute Gasteiger partial charge is 0.273 e. The Morgan fingerprint density at radius 3 is 2.60 bits per heavy atom. The molecule has 0 aromatic carbocycles. The van der Waals surface area contributed by atoms with Gasteiger partial charge in [0.05, 0.1) is 12.5 Å². The highest BCUT2D eigenvalue weighted by Gasteiger charge is 2.25. The Kier molecular flexibility index (Phi) is 4.39. The second kappa shape index (κ2) is 5.88. The highest BCUT2D eigenvalue weighted by molar-refractivity contribution is 7.88. The summed E-state index contributed by atoms with van der Waals surface area (Å²) in [6.07, 6.45) is 4.30. The Hall–Kier alpha value is -1.48. The Balaban J connectivity index is 1.78. The van der Waals surface area contributed by atoms with E-state index in [4.69, 9.17) is 0 Å². The van der Waals surface area contributed by atoms with Crippen molar-refractivity contribution in [3.8, 4) is 0 Å². The van der Waals surface area contributed by atoms with Crippen molar-refractivity contribution in [3.63, 3.8) is 0 Å². The van der Waals surface area contributed by atoms with Crippen molar-refractivity contribution in [2.75, 3.05) is 25.9 Å². The van der Waals surface area contributed by atoms with Gasteiger partial charge in [-0.2, -0.15) is 0 Å². The maximum absolute atomic E-state index is 11.8. The third kappa shape index (κ3) is 3.76. The first-order valence-corrected chi connectivity index (χ1v) is 8.31.